The zero-order valence-corrected chi connectivity index (χ0v) is 8.83. The van der Waals surface area contributed by atoms with E-state index in [0.29, 0.717) is 10.6 Å². The van der Waals surface area contributed by atoms with E-state index >= 15 is 0 Å². The fraction of sp³-hybridized carbons (Fsp3) is 0.400. The van der Waals surface area contributed by atoms with E-state index in [1.165, 1.54) is 12.1 Å². The third-order valence-corrected chi connectivity index (χ3v) is 3.17. The average molecular weight is 227 g/mol. The number of nitro benzene ring substituents is 1. The second kappa shape index (κ2) is 3.47. The Morgan fingerprint density at radius 1 is 1.47 bits per heavy atom. The van der Waals surface area contributed by atoms with Crippen molar-refractivity contribution >= 4 is 17.3 Å². The molecular formula is C10H11ClN2O2. The summed E-state index contributed by atoms with van der Waals surface area (Å²) in [6.07, 6.45) is 2.59. The molecule has 0 spiro atoms. The molecule has 80 valence electrons. The topological polar surface area (TPSA) is 69.2 Å². The first-order valence-electron chi connectivity index (χ1n) is 4.76. The lowest BCUT2D eigenvalue weighted by Crippen LogP contribution is -2.43. The molecule has 1 aliphatic carbocycles. The predicted octanol–water partition coefficient (Wildman–Crippen LogP) is 2.59. The summed E-state index contributed by atoms with van der Waals surface area (Å²) in [5, 5.41) is 11.3. The van der Waals surface area contributed by atoms with Crippen molar-refractivity contribution in [2.24, 2.45) is 5.73 Å². The monoisotopic (exact) mass is 226 g/mol. The minimum atomic E-state index is -0.548. The van der Waals surface area contributed by atoms with Crippen LogP contribution in [0.3, 0.4) is 0 Å². The highest BCUT2D eigenvalue weighted by Gasteiger charge is 2.39. The minimum Gasteiger partial charge on any atom is -0.321 e. The lowest BCUT2D eigenvalue weighted by Gasteiger charge is -2.38. The fourth-order valence-electron chi connectivity index (χ4n) is 1.89. The van der Waals surface area contributed by atoms with E-state index in [1.54, 1.807) is 6.07 Å². The zero-order chi connectivity index (χ0) is 11.1. The van der Waals surface area contributed by atoms with Crippen LogP contribution in [-0.4, -0.2) is 4.92 Å². The molecule has 0 atom stereocenters. The maximum atomic E-state index is 10.8. The summed E-state index contributed by atoms with van der Waals surface area (Å²) in [7, 11) is 0. The van der Waals surface area contributed by atoms with Gasteiger partial charge in [0.25, 0.3) is 5.69 Å². The molecule has 1 aromatic rings. The van der Waals surface area contributed by atoms with Crippen molar-refractivity contribution in [3.05, 3.63) is 38.9 Å². The van der Waals surface area contributed by atoms with Crippen LogP contribution in [0.25, 0.3) is 0 Å². The molecule has 0 saturated heterocycles. The van der Waals surface area contributed by atoms with Gasteiger partial charge in [-0.1, -0.05) is 11.6 Å². The smallest absolute Gasteiger partial charge is 0.274 e. The van der Waals surface area contributed by atoms with Crippen LogP contribution >= 0.6 is 11.6 Å². The number of hydrogen-bond donors (Lipinski definition) is 1. The van der Waals surface area contributed by atoms with Gasteiger partial charge in [0.1, 0.15) is 0 Å². The first-order valence-corrected chi connectivity index (χ1v) is 5.14. The number of hydrogen-bond acceptors (Lipinski definition) is 3. The van der Waals surface area contributed by atoms with E-state index < -0.39 is 10.5 Å². The molecule has 5 heteroatoms. The van der Waals surface area contributed by atoms with Crippen molar-refractivity contribution in [2.75, 3.05) is 0 Å². The van der Waals surface area contributed by atoms with E-state index in [-0.39, 0.29) is 5.69 Å². The highest BCUT2D eigenvalue weighted by molar-refractivity contribution is 6.30. The molecule has 0 heterocycles. The van der Waals surface area contributed by atoms with Crippen molar-refractivity contribution < 1.29 is 4.92 Å². The van der Waals surface area contributed by atoms with Crippen molar-refractivity contribution in [1.29, 1.82) is 0 Å². The Morgan fingerprint density at radius 2 is 2.13 bits per heavy atom. The summed E-state index contributed by atoms with van der Waals surface area (Å²) in [5.41, 5.74) is 6.15. The van der Waals surface area contributed by atoms with Crippen LogP contribution in [0.2, 0.25) is 5.02 Å². The van der Waals surface area contributed by atoms with E-state index in [2.05, 4.69) is 0 Å². The highest BCUT2D eigenvalue weighted by Crippen LogP contribution is 2.43. The van der Waals surface area contributed by atoms with Gasteiger partial charge in [-0.05, 0) is 31.4 Å². The molecule has 1 saturated carbocycles. The second-order valence-electron chi connectivity index (χ2n) is 3.93. The largest absolute Gasteiger partial charge is 0.321 e. The van der Waals surface area contributed by atoms with Crippen LogP contribution in [0.15, 0.2) is 18.2 Å². The van der Waals surface area contributed by atoms with E-state index in [1.807, 2.05) is 0 Å². The van der Waals surface area contributed by atoms with E-state index in [9.17, 15) is 10.1 Å². The van der Waals surface area contributed by atoms with Crippen LogP contribution < -0.4 is 5.73 Å². The molecule has 1 aliphatic rings. The fourth-order valence-corrected chi connectivity index (χ4v) is 2.07. The van der Waals surface area contributed by atoms with Crippen LogP contribution in [0.4, 0.5) is 5.69 Å². The van der Waals surface area contributed by atoms with Crippen molar-refractivity contribution in [3.63, 3.8) is 0 Å². The van der Waals surface area contributed by atoms with Crippen molar-refractivity contribution in [2.45, 2.75) is 24.8 Å². The summed E-state index contributed by atoms with van der Waals surface area (Å²) >= 11 is 5.83. The normalized spacial score (nSPS) is 18.3. The van der Waals surface area contributed by atoms with Crippen LogP contribution in [0, 0.1) is 10.1 Å². The summed E-state index contributed by atoms with van der Waals surface area (Å²) in [6, 6.07) is 4.55. The molecule has 0 amide bonds. The third-order valence-electron chi connectivity index (χ3n) is 2.94. The molecule has 2 N–H and O–H groups in total. The third kappa shape index (κ3) is 1.70. The van der Waals surface area contributed by atoms with Gasteiger partial charge >= 0.3 is 0 Å². The van der Waals surface area contributed by atoms with Gasteiger partial charge in [0.15, 0.2) is 0 Å². The Morgan fingerprint density at radius 3 is 2.60 bits per heavy atom. The Balaban J connectivity index is 2.52. The zero-order valence-electron chi connectivity index (χ0n) is 8.07. The quantitative estimate of drug-likeness (QED) is 0.623. The molecule has 4 nitrogen and oxygen atoms in total. The molecule has 0 aliphatic heterocycles. The number of benzene rings is 1. The Labute approximate surface area is 92.2 Å². The number of nitrogens with two attached hydrogens (primary N) is 1. The molecule has 1 fully saturated rings. The first kappa shape index (κ1) is 10.4. The van der Waals surface area contributed by atoms with E-state index in [0.717, 1.165) is 19.3 Å². The summed E-state index contributed by atoms with van der Waals surface area (Å²) < 4.78 is 0. The predicted molar refractivity (Wildman–Crippen MR) is 57.8 cm³/mol. The molecule has 0 radical (unpaired) electrons. The van der Waals surface area contributed by atoms with Crippen LogP contribution in [0.1, 0.15) is 24.8 Å². The lowest BCUT2D eigenvalue weighted by molar-refractivity contribution is -0.386. The van der Waals surface area contributed by atoms with Gasteiger partial charge in [0.2, 0.25) is 0 Å². The first-order chi connectivity index (χ1) is 7.03. The molecule has 1 aromatic carbocycles. The maximum absolute atomic E-state index is 10.8. The number of nitrogens with zero attached hydrogens (tertiary/aromatic N) is 1. The van der Waals surface area contributed by atoms with Crippen LogP contribution in [-0.2, 0) is 5.54 Å². The minimum absolute atomic E-state index is 0.0709. The Bertz CT molecular complexity index is 416. The number of rotatable bonds is 2. The van der Waals surface area contributed by atoms with Gasteiger partial charge in [0.05, 0.1) is 10.5 Å². The van der Waals surface area contributed by atoms with Gasteiger partial charge < -0.3 is 5.73 Å². The van der Waals surface area contributed by atoms with Gasteiger partial charge in [-0.25, -0.2) is 0 Å². The molecule has 0 bridgehead atoms. The molecular weight excluding hydrogens is 216 g/mol. The Kier molecular flexibility index (Phi) is 2.40. The lowest BCUT2D eigenvalue weighted by atomic mass is 9.72. The molecule has 0 unspecified atom stereocenters. The van der Waals surface area contributed by atoms with Gasteiger partial charge in [0, 0.05) is 16.6 Å². The highest BCUT2D eigenvalue weighted by atomic mass is 35.5. The molecule has 0 aromatic heterocycles. The summed E-state index contributed by atoms with van der Waals surface area (Å²) in [5.74, 6) is 0. The van der Waals surface area contributed by atoms with Gasteiger partial charge in [-0.2, -0.15) is 0 Å². The summed E-state index contributed by atoms with van der Waals surface area (Å²) in [4.78, 5) is 10.4. The van der Waals surface area contributed by atoms with Crippen molar-refractivity contribution in [3.8, 4) is 0 Å². The van der Waals surface area contributed by atoms with Gasteiger partial charge in [-0.15, -0.1) is 0 Å². The van der Waals surface area contributed by atoms with Crippen LogP contribution in [0.5, 0.6) is 0 Å². The summed E-state index contributed by atoms with van der Waals surface area (Å²) in [6.45, 7) is 0. The van der Waals surface area contributed by atoms with Gasteiger partial charge in [-0.3, -0.25) is 10.1 Å². The average Bonchev–Trinajstić information content (AvgIpc) is 2.13. The molecule has 2 rings (SSSR count). The molecule has 15 heavy (non-hydrogen) atoms. The van der Waals surface area contributed by atoms with E-state index in [4.69, 9.17) is 17.3 Å². The number of halogens is 1. The standard InChI is InChI=1S/C10H11ClN2O2/c11-7-2-3-9(13(14)15)8(6-7)10(12)4-1-5-10/h2-3,6H,1,4-5,12H2. The Hall–Kier alpha value is -1.13. The van der Waals surface area contributed by atoms with Crippen molar-refractivity contribution in [1.82, 2.24) is 0 Å². The number of nitro groups is 1. The maximum Gasteiger partial charge on any atom is 0.274 e. The SMILES string of the molecule is NC1(c2cc(Cl)ccc2[N+](=O)[O-])CCC1. The second-order valence-corrected chi connectivity index (χ2v) is 4.36.